The smallest absolute Gasteiger partial charge is 0.146 e. The summed E-state index contributed by atoms with van der Waals surface area (Å²) in [6.07, 6.45) is 0. The lowest BCUT2D eigenvalue weighted by atomic mass is 11.0. The Morgan fingerprint density at radius 2 is 1.00 bits per heavy atom. The van der Waals surface area contributed by atoms with Crippen LogP contribution in [0.1, 0.15) is 0 Å². The van der Waals surface area contributed by atoms with E-state index in [0.717, 1.165) is 8.64 Å². The molecule has 0 saturated heterocycles. The molecule has 0 saturated carbocycles. The molecule has 0 aromatic heterocycles. The molecule has 0 bridgehead atoms. The van der Waals surface area contributed by atoms with E-state index >= 15 is 0 Å². The van der Waals surface area contributed by atoms with Crippen LogP contribution in [0.15, 0.2) is 0 Å². The molecular formula is C6H16N2S6. The Bertz CT molecular complexity index is 161. The average Bonchev–Trinajstić information content (AvgIpc) is 1.98. The summed E-state index contributed by atoms with van der Waals surface area (Å²) in [5, 5.41) is 0. The monoisotopic (exact) mass is 308 g/mol. The van der Waals surface area contributed by atoms with Gasteiger partial charge in [-0.3, -0.25) is 0 Å². The molecule has 0 heterocycles. The van der Waals surface area contributed by atoms with E-state index < -0.39 is 0 Å². The third-order valence-electron chi connectivity index (χ3n) is 0.915. The minimum absolute atomic E-state index is 0. The van der Waals surface area contributed by atoms with Crippen molar-refractivity contribution < 1.29 is 0 Å². The summed E-state index contributed by atoms with van der Waals surface area (Å²) in [4.78, 5) is 3.79. The maximum Gasteiger partial charge on any atom is 0.146 e. The first-order valence-electron chi connectivity index (χ1n) is 3.22. The topological polar surface area (TPSA) is 6.48 Å². The Morgan fingerprint density at radius 3 is 1.14 bits per heavy atom. The lowest BCUT2D eigenvalue weighted by Crippen LogP contribution is -2.18. The fourth-order valence-corrected chi connectivity index (χ4v) is 2.60. The molecule has 0 rings (SSSR count). The van der Waals surface area contributed by atoms with E-state index in [2.05, 4.69) is 0 Å². The van der Waals surface area contributed by atoms with Crippen LogP contribution in [0.5, 0.6) is 0 Å². The van der Waals surface area contributed by atoms with Gasteiger partial charge in [-0.05, 0) is 21.6 Å². The van der Waals surface area contributed by atoms with Gasteiger partial charge in [0, 0.05) is 28.2 Å². The maximum absolute atomic E-state index is 5.07. The van der Waals surface area contributed by atoms with Gasteiger partial charge >= 0.3 is 0 Å². The lowest BCUT2D eigenvalue weighted by molar-refractivity contribution is 0.647. The van der Waals surface area contributed by atoms with Crippen molar-refractivity contribution in [2.75, 3.05) is 28.2 Å². The summed E-state index contributed by atoms with van der Waals surface area (Å²) < 4.78 is 1.67. The molecule has 0 aromatic rings. The minimum atomic E-state index is 0. The summed E-state index contributed by atoms with van der Waals surface area (Å²) in [5.41, 5.74) is 0. The van der Waals surface area contributed by atoms with Crippen molar-refractivity contribution in [3.05, 3.63) is 0 Å². The van der Waals surface area contributed by atoms with Crippen molar-refractivity contribution in [2.24, 2.45) is 0 Å². The molecule has 0 aliphatic heterocycles. The normalized spacial score (nSPS) is 8.00. The van der Waals surface area contributed by atoms with Crippen LogP contribution in [0.25, 0.3) is 0 Å². The highest BCUT2D eigenvalue weighted by Gasteiger charge is 2.04. The molecule has 0 aromatic carbocycles. The van der Waals surface area contributed by atoms with Gasteiger partial charge in [0.15, 0.2) is 0 Å². The summed E-state index contributed by atoms with van der Waals surface area (Å²) >= 11 is 10.1. The van der Waals surface area contributed by atoms with Gasteiger partial charge < -0.3 is 9.80 Å². The van der Waals surface area contributed by atoms with Crippen molar-refractivity contribution in [2.45, 2.75) is 0 Å². The molecule has 2 nitrogen and oxygen atoms in total. The molecule has 0 N–H and O–H groups in total. The number of hydrogen-bond donors (Lipinski definition) is 0. The van der Waals surface area contributed by atoms with Gasteiger partial charge in [0.05, 0.1) is 0 Å². The second-order valence-electron chi connectivity index (χ2n) is 2.49. The van der Waals surface area contributed by atoms with Gasteiger partial charge in [-0.15, -0.1) is 0 Å². The molecule has 8 heteroatoms. The summed E-state index contributed by atoms with van der Waals surface area (Å²) in [5.74, 6) is 0. The van der Waals surface area contributed by atoms with Gasteiger partial charge in [0.1, 0.15) is 8.64 Å². The molecule has 0 spiro atoms. The molecule has 86 valence electrons. The number of thiocarbonyl (C=S) groups is 2. The number of hydrogen-bond acceptors (Lipinski definition) is 4. The first kappa shape index (κ1) is 20.6. The van der Waals surface area contributed by atoms with Crippen molar-refractivity contribution in [1.82, 2.24) is 9.80 Å². The highest BCUT2D eigenvalue weighted by Crippen LogP contribution is 2.26. The molecule has 0 aliphatic carbocycles. The Morgan fingerprint density at radius 1 is 0.786 bits per heavy atom. The van der Waals surface area contributed by atoms with E-state index in [4.69, 9.17) is 24.4 Å². The molecule has 0 aliphatic rings. The SMILES string of the molecule is CN(C)C(=S)SSC(=S)N(C)C.S.S. The fraction of sp³-hybridized carbons (Fsp3) is 0.667. The van der Waals surface area contributed by atoms with E-state index in [1.165, 1.54) is 21.6 Å². The lowest BCUT2D eigenvalue weighted by Gasteiger charge is -2.15. The van der Waals surface area contributed by atoms with Gasteiger partial charge in [-0.25, -0.2) is 0 Å². The van der Waals surface area contributed by atoms with Crippen molar-refractivity contribution in [1.29, 1.82) is 0 Å². The van der Waals surface area contributed by atoms with E-state index in [9.17, 15) is 0 Å². The second-order valence-corrected chi connectivity index (χ2v) is 5.88. The van der Waals surface area contributed by atoms with Crippen LogP contribution in [0.2, 0.25) is 0 Å². The predicted octanol–water partition coefficient (Wildman–Crippen LogP) is 2.29. The van der Waals surface area contributed by atoms with Crippen LogP contribution in [0, 0.1) is 0 Å². The zero-order valence-corrected chi connectivity index (χ0v) is 13.8. The quantitative estimate of drug-likeness (QED) is 0.497. The van der Waals surface area contributed by atoms with E-state index in [-0.39, 0.29) is 27.0 Å². The van der Waals surface area contributed by atoms with Crippen LogP contribution in [-0.2, 0) is 0 Å². The second kappa shape index (κ2) is 10.7. The largest absolute Gasteiger partial charge is 0.363 e. The standard InChI is InChI=1S/C6H12N2S4.2H2S/c1-7(2)5(9)11-12-6(10)8(3)4;;/h1-4H3;2*1H2. The zero-order valence-electron chi connectivity index (χ0n) is 8.53. The molecule has 14 heavy (non-hydrogen) atoms. The first-order valence-corrected chi connectivity index (χ1v) is 6.19. The van der Waals surface area contributed by atoms with Gasteiger partial charge in [-0.1, -0.05) is 24.4 Å². The van der Waals surface area contributed by atoms with Crippen molar-refractivity contribution in [3.8, 4) is 0 Å². The average molecular weight is 309 g/mol. The molecular weight excluding hydrogens is 292 g/mol. The van der Waals surface area contributed by atoms with Gasteiger partial charge in [0.25, 0.3) is 0 Å². The molecule has 0 unspecified atom stereocenters. The van der Waals surface area contributed by atoms with Crippen molar-refractivity contribution in [3.63, 3.8) is 0 Å². The van der Waals surface area contributed by atoms with Crippen LogP contribution >= 0.6 is 73.0 Å². The van der Waals surface area contributed by atoms with E-state index in [1.54, 1.807) is 0 Å². The zero-order chi connectivity index (χ0) is 9.72. The van der Waals surface area contributed by atoms with E-state index in [0.29, 0.717) is 0 Å². The van der Waals surface area contributed by atoms with E-state index in [1.807, 2.05) is 38.0 Å². The minimum Gasteiger partial charge on any atom is -0.363 e. The third kappa shape index (κ3) is 9.72. The molecule has 0 atom stereocenters. The first-order chi connectivity index (χ1) is 5.45. The molecule has 0 radical (unpaired) electrons. The van der Waals surface area contributed by atoms with Crippen LogP contribution in [-0.4, -0.2) is 46.6 Å². The van der Waals surface area contributed by atoms with Gasteiger partial charge in [0.2, 0.25) is 0 Å². The van der Waals surface area contributed by atoms with Crippen LogP contribution in [0.3, 0.4) is 0 Å². The molecule has 0 fully saturated rings. The summed E-state index contributed by atoms with van der Waals surface area (Å²) in [6.45, 7) is 0. The Hall–Kier alpha value is 1.18. The molecule has 0 amide bonds. The highest BCUT2D eigenvalue weighted by molar-refractivity contribution is 8.89. The van der Waals surface area contributed by atoms with Crippen LogP contribution in [0.4, 0.5) is 0 Å². The third-order valence-corrected chi connectivity index (χ3v) is 5.07. The Balaban J connectivity index is -0.000000605. The number of nitrogens with zero attached hydrogens (tertiary/aromatic N) is 2. The fourth-order valence-electron chi connectivity index (χ4n) is 0.220. The Labute approximate surface area is 119 Å². The highest BCUT2D eigenvalue weighted by atomic mass is 33.1. The Kier molecular flexibility index (Phi) is 15.7. The number of rotatable bonds is 0. The van der Waals surface area contributed by atoms with Crippen molar-refractivity contribution >= 4 is 81.7 Å². The summed E-state index contributed by atoms with van der Waals surface area (Å²) in [7, 11) is 10.7. The predicted molar refractivity (Wildman–Crippen MR) is 88.5 cm³/mol. The maximum atomic E-state index is 5.07. The summed E-state index contributed by atoms with van der Waals surface area (Å²) in [6, 6.07) is 0. The van der Waals surface area contributed by atoms with Gasteiger partial charge in [-0.2, -0.15) is 27.0 Å². The van der Waals surface area contributed by atoms with Crippen LogP contribution < -0.4 is 0 Å².